The van der Waals surface area contributed by atoms with Crippen molar-refractivity contribution in [2.24, 2.45) is 19.8 Å². The van der Waals surface area contributed by atoms with Gasteiger partial charge < -0.3 is 29.4 Å². The van der Waals surface area contributed by atoms with E-state index in [-0.39, 0.29) is 51.6 Å². The van der Waals surface area contributed by atoms with Gasteiger partial charge in [0.1, 0.15) is 17.2 Å². The minimum atomic E-state index is -4.60. The van der Waals surface area contributed by atoms with Gasteiger partial charge in [0.05, 0.1) is 42.4 Å². The lowest BCUT2D eigenvalue weighted by Crippen LogP contribution is -2.19. The SMILES string of the molecule is COc1ccc(S(=O)(=O)Nc2cc3c(cc2Oc2cc(OCCCCN)cc(OCC(F)(F)F)c2)n(C)c(=O)n3C)cc1OC. The average molecular weight is 655 g/mol. The van der Waals surface area contributed by atoms with Crippen LogP contribution >= 0.6 is 0 Å². The summed E-state index contributed by atoms with van der Waals surface area (Å²) in [5.74, 6) is 0.370. The molecular formula is C29H33F3N4O8S. The Balaban J connectivity index is 1.79. The molecule has 0 aliphatic rings. The highest BCUT2D eigenvalue weighted by Gasteiger charge is 2.29. The van der Waals surface area contributed by atoms with Gasteiger partial charge in [-0.2, -0.15) is 13.2 Å². The molecule has 1 aromatic heterocycles. The number of fused-ring (bicyclic) bond motifs is 1. The molecule has 0 aliphatic heterocycles. The molecule has 0 fully saturated rings. The number of alkyl halides is 3. The summed E-state index contributed by atoms with van der Waals surface area (Å²) >= 11 is 0. The number of unbranched alkanes of at least 4 members (excludes halogenated alkanes) is 1. The van der Waals surface area contributed by atoms with Crippen molar-refractivity contribution in [3.05, 3.63) is 59.0 Å². The van der Waals surface area contributed by atoms with Crippen LogP contribution in [0.25, 0.3) is 11.0 Å². The fourth-order valence-electron chi connectivity index (χ4n) is 4.38. The third-order valence-electron chi connectivity index (χ3n) is 6.63. The molecule has 1 heterocycles. The zero-order valence-electron chi connectivity index (χ0n) is 24.9. The highest BCUT2D eigenvalue weighted by atomic mass is 32.2. The van der Waals surface area contributed by atoms with Gasteiger partial charge in [-0.1, -0.05) is 0 Å². The van der Waals surface area contributed by atoms with Crippen LogP contribution < -0.4 is 39.8 Å². The van der Waals surface area contributed by atoms with Gasteiger partial charge in [-0.15, -0.1) is 0 Å². The molecule has 0 amide bonds. The van der Waals surface area contributed by atoms with Gasteiger partial charge in [0.25, 0.3) is 10.0 Å². The summed E-state index contributed by atoms with van der Waals surface area (Å²) < 4.78 is 98.1. The maximum atomic E-state index is 13.5. The van der Waals surface area contributed by atoms with Crippen molar-refractivity contribution in [1.29, 1.82) is 0 Å². The van der Waals surface area contributed by atoms with E-state index in [9.17, 15) is 26.4 Å². The van der Waals surface area contributed by atoms with Gasteiger partial charge in [-0.05, 0) is 37.6 Å². The molecule has 12 nitrogen and oxygen atoms in total. The Kier molecular flexibility index (Phi) is 10.1. The van der Waals surface area contributed by atoms with Gasteiger partial charge in [0, 0.05) is 44.4 Å². The monoisotopic (exact) mass is 654 g/mol. The van der Waals surface area contributed by atoms with E-state index in [2.05, 4.69) is 4.72 Å². The first-order valence-electron chi connectivity index (χ1n) is 13.6. The summed E-state index contributed by atoms with van der Waals surface area (Å²) in [5, 5.41) is 0. The highest BCUT2D eigenvalue weighted by molar-refractivity contribution is 7.92. The highest BCUT2D eigenvalue weighted by Crippen LogP contribution is 2.39. The van der Waals surface area contributed by atoms with E-state index >= 15 is 0 Å². The number of hydrogen-bond acceptors (Lipinski definition) is 9. The smallest absolute Gasteiger partial charge is 0.422 e. The number of imidazole rings is 1. The summed E-state index contributed by atoms with van der Waals surface area (Å²) in [5.41, 5.74) is 5.85. The Morgan fingerprint density at radius 3 is 2.07 bits per heavy atom. The number of nitrogens with two attached hydrogens (primary N) is 1. The Bertz CT molecular complexity index is 1840. The minimum Gasteiger partial charge on any atom is -0.493 e. The zero-order valence-corrected chi connectivity index (χ0v) is 25.8. The molecule has 0 saturated heterocycles. The zero-order chi connectivity index (χ0) is 32.9. The number of sulfonamides is 1. The molecule has 0 aliphatic carbocycles. The number of nitrogens with zero attached hydrogens (tertiary/aromatic N) is 2. The molecule has 4 aromatic rings. The Morgan fingerprint density at radius 2 is 1.44 bits per heavy atom. The lowest BCUT2D eigenvalue weighted by molar-refractivity contribution is -0.153. The van der Waals surface area contributed by atoms with Gasteiger partial charge >= 0.3 is 11.9 Å². The number of methoxy groups -OCH3 is 2. The number of benzene rings is 3. The van der Waals surface area contributed by atoms with Gasteiger partial charge in [0.2, 0.25) is 0 Å². The van der Waals surface area contributed by atoms with Crippen LogP contribution in [0, 0.1) is 0 Å². The van der Waals surface area contributed by atoms with E-state index < -0.39 is 22.8 Å². The van der Waals surface area contributed by atoms with E-state index in [1.807, 2.05) is 0 Å². The first-order valence-corrected chi connectivity index (χ1v) is 15.0. The molecule has 0 atom stereocenters. The van der Waals surface area contributed by atoms with Crippen LogP contribution in [0.15, 0.2) is 58.2 Å². The first kappa shape index (κ1) is 33.3. The predicted octanol–water partition coefficient (Wildman–Crippen LogP) is 4.55. The lowest BCUT2D eigenvalue weighted by atomic mass is 10.2. The average Bonchev–Trinajstić information content (AvgIpc) is 3.20. The first-order chi connectivity index (χ1) is 21.3. The normalized spacial score (nSPS) is 11.8. The predicted molar refractivity (Wildman–Crippen MR) is 160 cm³/mol. The molecule has 16 heteroatoms. The van der Waals surface area contributed by atoms with E-state index in [4.69, 9.17) is 29.4 Å². The maximum absolute atomic E-state index is 13.5. The Morgan fingerprint density at radius 1 is 0.822 bits per heavy atom. The number of nitrogens with one attached hydrogen (secondary N) is 1. The van der Waals surface area contributed by atoms with Crippen LogP contribution in [0.5, 0.6) is 34.5 Å². The van der Waals surface area contributed by atoms with Crippen molar-refractivity contribution < 1.29 is 45.3 Å². The lowest BCUT2D eigenvalue weighted by Gasteiger charge is -2.17. The fourth-order valence-corrected chi connectivity index (χ4v) is 5.45. The van der Waals surface area contributed by atoms with Crippen LogP contribution in [0.2, 0.25) is 0 Å². The molecule has 0 spiro atoms. The summed E-state index contributed by atoms with van der Waals surface area (Å²) in [6.45, 7) is -0.885. The summed E-state index contributed by atoms with van der Waals surface area (Å²) in [6, 6.07) is 10.8. The second-order valence-corrected chi connectivity index (χ2v) is 11.5. The van der Waals surface area contributed by atoms with Crippen LogP contribution in [-0.4, -0.2) is 57.7 Å². The number of rotatable bonds is 14. The molecule has 45 heavy (non-hydrogen) atoms. The summed E-state index contributed by atoms with van der Waals surface area (Å²) in [6.07, 6.45) is -3.33. The summed E-state index contributed by atoms with van der Waals surface area (Å²) in [7, 11) is 1.55. The second-order valence-electron chi connectivity index (χ2n) is 9.85. The van der Waals surface area contributed by atoms with Crippen molar-refractivity contribution in [2.45, 2.75) is 23.9 Å². The number of aromatic nitrogens is 2. The Labute approximate surface area is 257 Å². The molecule has 4 rings (SSSR count). The van der Waals surface area contributed by atoms with Crippen molar-refractivity contribution >= 4 is 26.7 Å². The maximum Gasteiger partial charge on any atom is 0.422 e. The fraction of sp³-hybridized carbons (Fsp3) is 0.345. The molecule has 0 unspecified atom stereocenters. The molecule has 0 radical (unpaired) electrons. The number of aryl methyl sites for hydroxylation is 2. The third-order valence-corrected chi connectivity index (χ3v) is 8.00. The third kappa shape index (κ3) is 7.94. The van der Waals surface area contributed by atoms with Gasteiger partial charge in [-0.25, -0.2) is 13.2 Å². The number of anilines is 1. The minimum absolute atomic E-state index is 0.0182. The van der Waals surface area contributed by atoms with Gasteiger partial charge in [-0.3, -0.25) is 13.9 Å². The van der Waals surface area contributed by atoms with E-state index in [0.29, 0.717) is 36.2 Å². The molecule has 0 bridgehead atoms. The van der Waals surface area contributed by atoms with E-state index in [0.717, 1.165) is 0 Å². The topological polar surface area (TPSA) is 145 Å². The largest absolute Gasteiger partial charge is 0.493 e. The molecular weight excluding hydrogens is 621 g/mol. The van der Waals surface area contributed by atoms with Crippen LogP contribution in [-0.2, 0) is 24.1 Å². The molecule has 0 saturated carbocycles. The van der Waals surface area contributed by atoms with E-state index in [1.54, 1.807) is 0 Å². The van der Waals surface area contributed by atoms with Crippen LogP contribution in [0.1, 0.15) is 12.8 Å². The van der Waals surface area contributed by atoms with Crippen molar-refractivity contribution in [3.8, 4) is 34.5 Å². The van der Waals surface area contributed by atoms with Crippen LogP contribution in [0.3, 0.4) is 0 Å². The number of ether oxygens (including phenoxy) is 5. The van der Waals surface area contributed by atoms with E-state index in [1.165, 1.54) is 86.0 Å². The quantitative estimate of drug-likeness (QED) is 0.187. The van der Waals surface area contributed by atoms with Crippen LogP contribution in [0.4, 0.5) is 18.9 Å². The Hall–Kier alpha value is -4.57. The number of hydrogen-bond donors (Lipinski definition) is 2. The molecule has 3 aromatic carbocycles. The summed E-state index contributed by atoms with van der Waals surface area (Å²) in [4.78, 5) is 12.5. The standard InChI is InChI=1S/C29H33F3N4O8S/c1-35-23-15-22(34-45(38,39)21-7-8-25(40-3)27(14-21)41-4)26(16-24(23)36(2)28(35)37)44-20-12-18(42-10-6-5-9-33)11-19(13-20)43-17-29(30,31)32/h7-8,11-16,34H,5-6,9-10,17,33H2,1-4H3. The second kappa shape index (κ2) is 13.6. The molecule has 244 valence electrons. The molecule has 3 N–H and O–H groups in total. The van der Waals surface area contributed by atoms with Gasteiger partial charge in [0.15, 0.2) is 23.9 Å². The van der Waals surface area contributed by atoms with Crippen molar-refractivity contribution in [1.82, 2.24) is 9.13 Å². The number of halogens is 3. The van der Waals surface area contributed by atoms with Crippen molar-refractivity contribution in [3.63, 3.8) is 0 Å². The van der Waals surface area contributed by atoms with Crippen molar-refractivity contribution in [2.75, 3.05) is 38.7 Å².